The average Bonchev–Trinajstić information content (AvgIpc) is 1.61. The molecule has 0 aromatic rings. The largest absolute Gasteiger partial charge is 0.359 e. The summed E-state index contributed by atoms with van der Waals surface area (Å²) in [5.41, 5.74) is 0. The van der Waals surface area contributed by atoms with E-state index in [1.54, 1.807) is 6.92 Å². The Bertz CT molecular complexity index is 103. The number of hydrogen-bond donors (Lipinski definition) is 5. The van der Waals surface area contributed by atoms with Crippen LogP contribution in [0.25, 0.3) is 0 Å². The molecular formula is C5H12O5. The van der Waals surface area contributed by atoms with Crippen LogP contribution in [0.2, 0.25) is 0 Å². The van der Waals surface area contributed by atoms with Gasteiger partial charge < -0.3 is 25.5 Å². The molecule has 0 heterocycles. The summed E-state index contributed by atoms with van der Waals surface area (Å²) in [6.45, 7) is 1.60. The second kappa shape index (κ2) is 2.81. The molecule has 5 nitrogen and oxygen atoms in total. The van der Waals surface area contributed by atoms with Gasteiger partial charge in [-0.2, -0.15) is 0 Å². The summed E-state index contributed by atoms with van der Waals surface area (Å²) in [4.78, 5) is 0. The van der Waals surface area contributed by atoms with E-state index in [2.05, 4.69) is 0 Å². The van der Waals surface area contributed by atoms with E-state index in [1.807, 2.05) is 0 Å². The van der Waals surface area contributed by atoms with Gasteiger partial charge in [0.2, 0.25) is 5.79 Å². The van der Waals surface area contributed by atoms with E-state index < -0.39 is 11.8 Å². The Kier molecular flexibility index (Phi) is 2.76. The third-order valence-corrected chi connectivity index (χ3v) is 1.14. The van der Waals surface area contributed by atoms with Gasteiger partial charge in [0.15, 0.2) is 0 Å². The lowest BCUT2D eigenvalue weighted by atomic mass is 10.1. The normalized spacial score (nSPS) is 13.8. The third kappa shape index (κ3) is 2.20. The molecule has 0 radical (unpaired) electrons. The Balaban J connectivity index is 4.10. The lowest BCUT2D eigenvalue weighted by Crippen LogP contribution is -2.54. The van der Waals surface area contributed by atoms with E-state index in [0.717, 1.165) is 0 Å². The minimum atomic E-state index is -3.44. The minimum absolute atomic E-state index is 0.309. The second-order valence-corrected chi connectivity index (χ2v) is 2.20. The molecule has 10 heavy (non-hydrogen) atoms. The highest BCUT2D eigenvalue weighted by molar-refractivity contribution is 4.70. The Morgan fingerprint density at radius 3 is 1.50 bits per heavy atom. The maximum Gasteiger partial charge on any atom is 0.332 e. The second-order valence-electron chi connectivity index (χ2n) is 2.20. The Morgan fingerprint density at radius 1 is 1.00 bits per heavy atom. The van der Waals surface area contributed by atoms with Crippen LogP contribution in [-0.2, 0) is 0 Å². The van der Waals surface area contributed by atoms with Crippen molar-refractivity contribution in [1.29, 1.82) is 0 Å². The van der Waals surface area contributed by atoms with Crippen molar-refractivity contribution < 1.29 is 25.5 Å². The van der Waals surface area contributed by atoms with Crippen molar-refractivity contribution in [2.75, 3.05) is 0 Å². The first kappa shape index (κ1) is 9.80. The molecule has 5 heteroatoms. The zero-order valence-corrected chi connectivity index (χ0v) is 5.65. The van der Waals surface area contributed by atoms with Crippen molar-refractivity contribution in [3.8, 4) is 0 Å². The van der Waals surface area contributed by atoms with Crippen LogP contribution in [0, 0.1) is 0 Å². The van der Waals surface area contributed by atoms with Gasteiger partial charge in [-0.15, -0.1) is 0 Å². The zero-order chi connectivity index (χ0) is 8.41. The SMILES string of the molecule is CCCC(O)(O)C(O)(O)O. The Hall–Kier alpha value is -0.200. The molecule has 0 atom stereocenters. The molecule has 0 aromatic heterocycles. The lowest BCUT2D eigenvalue weighted by molar-refractivity contribution is -0.447. The highest BCUT2D eigenvalue weighted by Gasteiger charge is 2.45. The van der Waals surface area contributed by atoms with Crippen LogP contribution >= 0.6 is 0 Å². The minimum Gasteiger partial charge on any atom is -0.359 e. The molecule has 0 rings (SSSR count). The molecule has 62 valence electrons. The van der Waals surface area contributed by atoms with Gasteiger partial charge in [0.05, 0.1) is 0 Å². The van der Waals surface area contributed by atoms with Crippen molar-refractivity contribution in [1.82, 2.24) is 0 Å². The molecule has 0 spiro atoms. The Morgan fingerprint density at radius 2 is 1.40 bits per heavy atom. The van der Waals surface area contributed by atoms with Crippen molar-refractivity contribution in [2.45, 2.75) is 31.5 Å². The fourth-order valence-corrected chi connectivity index (χ4v) is 0.516. The van der Waals surface area contributed by atoms with Crippen molar-refractivity contribution in [3.05, 3.63) is 0 Å². The first-order valence-electron chi connectivity index (χ1n) is 2.93. The predicted octanol–water partition coefficient (Wildman–Crippen LogP) is -1.90. The fourth-order valence-electron chi connectivity index (χ4n) is 0.516. The van der Waals surface area contributed by atoms with E-state index in [-0.39, 0.29) is 6.42 Å². The maximum atomic E-state index is 8.66. The molecule has 0 amide bonds. The van der Waals surface area contributed by atoms with Gasteiger partial charge in [0.25, 0.3) is 0 Å². The van der Waals surface area contributed by atoms with E-state index >= 15 is 0 Å². The fraction of sp³-hybridized carbons (Fsp3) is 1.00. The molecule has 0 bridgehead atoms. The smallest absolute Gasteiger partial charge is 0.332 e. The van der Waals surface area contributed by atoms with E-state index in [0.29, 0.717) is 6.42 Å². The number of aliphatic hydroxyl groups is 5. The van der Waals surface area contributed by atoms with Crippen LogP contribution in [0.5, 0.6) is 0 Å². The monoisotopic (exact) mass is 152 g/mol. The van der Waals surface area contributed by atoms with Crippen LogP contribution < -0.4 is 0 Å². The molecule has 0 aliphatic rings. The lowest BCUT2D eigenvalue weighted by Gasteiger charge is -2.29. The molecule has 0 aliphatic heterocycles. The highest BCUT2D eigenvalue weighted by atomic mass is 16.7. The highest BCUT2D eigenvalue weighted by Crippen LogP contribution is 2.18. The summed E-state index contributed by atoms with van der Waals surface area (Å²) in [6, 6.07) is 0. The van der Waals surface area contributed by atoms with Gasteiger partial charge in [0.1, 0.15) is 0 Å². The summed E-state index contributed by atoms with van der Waals surface area (Å²) >= 11 is 0. The third-order valence-electron chi connectivity index (χ3n) is 1.14. The number of hydrogen-bond acceptors (Lipinski definition) is 5. The molecule has 0 fully saturated rings. The van der Waals surface area contributed by atoms with Crippen LogP contribution in [0.1, 0.15) is 19.8 Å². The van der Waals surface area contributed by atoms with E-state index in [9.17, 15) is 0 Å². The maximum absolute atomic E-state index is 8.66. The molecule has 0 aromatic carbocycles. The predicted molar refractivity (Wildman–Crippen MR) is 31.5 cm³/mol. The van der Waals surface area contributed by atoms with Gasteiger partial charge in [0, 0.05) is 6.42 Å². The molecule has 5 N–H and O–H groups in total. The number of rotatable bonds is 3. The van der Waals surface area contributed by atoms with Gasteiger partial charge in [-0.05, 0) is 0 Å². The van der Waals surface area contributed by atoms with E-state index in [4.69, 9.17) is 25.5 Å². The molecule has 0 saturated heterocycles. The first-order valence-corrected chi connectivity index (χ1v) is 2.93. The van der Waals surface area contributed by atoms with Crippen LogP contribution in [0.3, 0.4) is 0 Å². The van der Waals surface area contributed by atoms with Gasteiger partial charge in [-0.1, -0.05) is 13.3 Å². The zero-order valence-electron chi connectivity index (χ0n) is 5.65. The van der Waals surface area contributed by atoms with Crippen LogP contribution in [0.15, 0.2) is 0 Å². The summed E-state index contributed by atoms with van der Waals surface area (Å²) < 4.78 is 0. The van der Waals surface area contributed by atoms with E-state index in [1.165, 1.54) is 0 Å². The van der Waals surface area contributed by atoms with Gasteiger partial charge >= 0.3 is 5.97 Å². The van der Waals surface area contributed by atoms with Gasteiger partial charge in [-0.3, -0.25) is 0 Å². The summed E-state index contributed by atoms with van der Waals surface area (Å²) in [6.07, 6.45) is 0.00688. The van der Waals surface area contributed by atoms with Gasteiger partial charge in [-0.25, -0.2) is 0 Å². The van der Waals surface area contributed by atoms with Crippen molar-refractivity contribution in [2.24, 2.45) is 0 Å². The topological polar surface area (TPSA) is 101 Å². The van der Waals surface area contributed by atoms with Crippen LogP contribution in [0.4, 0.5) is 0 Å². The first-order chi connectivity index (χ1) is 4.31. The molecular weight excluding hydrogens is 140 g/mol. The Labute approximate surface area is 58.2 Å². The quantitative estimate of drug-likeness (QED) is 0.304. The standard InChI is InChI=1S/C5H12O5/c1-2-3-4(6,7)5(8,9)10/h6-10H,2-3H2,1H3. The summed E-state index contributed by atoms with van der Waals surface area (Å²) in [7, 11) is 0. The summed E-state index contributed by atoms with van der Waals surface area (Å²) in [5.74, 6) is -6.29. The molecule has 0 unspecified atom stereocenters. The molecule has 0 aliphatic carbocycles. The van der Waals surface area contributed by atoms with Crippen molar-refractivity contribution in [3.63, 3.8) is 0 Å². The summed E-state index contributed by atoms with van der Waals surface area (Å²) in [5, 5.41) is 42.2. The van der Waals surface area contributed by atoms with Crippen LogP contribution in [-0.4, -0.2) is 37.3 Å². The van der Waals surface area contributed by atoms with Crippen molar-refractivity contribution >= 4 is 0 Å². The average molecular weight is 152 g/mol. The molecule has 0 saturated carbocycles.